The molecule has 0 fully saturated rings. The van der Waals surface area contributed by atoms with Crippen LogP contribution in [0, 0.1) is 0 Å². The normalized spacial score (nSPS) is 10.0. The first-order valence-electron chi connectivity index (χ1n) is 9.71. The number of esters is 4. The summed E-state index contributed by atoms with van der Waals surface area (Å²) in [5, 5.41) is 0. The van der Waals surface area contributed by atoms with E-state index >= 15 is 0 Å². The van der Waals surface area contributed by atoms with Crippen molar-refractivity contribution < 1.29 is 47.0 Å². The molecule has 0 N–H and O–H groups in total. The van der Waals surface area contributed by atoms with E-state index in [9.17, 15) is 19.2 Å². The van der Waals surface area contributed by atoms with Crippen molar-refractivity contribution in [3.05, 3.63) is 85.8 Å². The molecule has 0 aliphatic carbocycles. The molecular weight excluding hydrogens is 448 g/mol. The van der Waals surface area contributed by atoms with Gasteiger partial charge in [0.15, 0.2) is 0 Å². The van der Waals surface area contributed by atoms with Crippen LogP contribution in [0.25, 0.3) is 11.1 Å². The molecule has 0 aliphatic heterocycles. The molecule has 0 aliphatic rings. The van der Waals surface area contributed by atoms with E-state index in [-0.39, 0.29) is 49.5 Å². The topological polar surface area (TPSA) is 131 Å². The van der Waals surface area contributed by atoms with Gasteiger partial charge in [-0.3, -0.25) is 0 Å². The van der Waals surface area contributed by atoms with Crippen LogP contribution >= 0.6 is 0 Å². The molecule has 2 heterocycles. The summed E-state index contributed by atoms with van der Waals surface area (Å²) in [5.41, 5.74) is 0.799. The first kappa shape index (κ1) is 25.7. The second kappa shape index (κ2) is 12.4. The fraction of sp³-hybridized carbons (Fsp3) is 0.167. The van der Waals surface area contributed by atoms with Gasteiger partial charge in [-0.1, -0.05) is 26.3 Å². The third kappa shape index (κ3) is 7.23. The number of rotatable bonds is 13. The van der Waals surface area contributed by atoms with Crippen molar-refractivity contribution in [3.8, 4) is 11.1 Å². The summed E-state index contributed by atoms with van der Waals surface area (Å²) in [4.78, 5) is 45.9. The van der Waals surface area contributed by atoms with Gasteiger partial charge in [-0.15, -0.1) is 0 Å². The second-order valence-corrected chi connectivity index (χ2v) is 6.35. The molecule has 2 aromatic heterocycles. The van der Waals surface area contributed by atoms with Gasteiger partial charge in [-0.05, 0) is 12.1 Å². The van der Waals surface area contributed by atoms with Gasteiger partial charge in [-0.2, -0.15) is 0 Å². The lowest BCUT2D eigenvalue weighted by molar-refractivity contribution is -0.141. The molecule has 2 rings (SSSR count). The molecule has 178 valence electrons. The van der Waals surface area contributed by atoms with Crippen LogP contribution in [0.4, 0.5) is 0 Å². The highest BCUT2D eigenvalue weighted by molar-refractivity contribution is 5.82. The van der Waals surface area contributed by atoms with Crippen LogP contribution in [0.15, 0.2) is 71.6 Å². The van der Waals surface area contributed by atoms with Gasteiger partial charge in [0.05, 0.1) is 0 Å². The molecular formula is C24H22O10. The van der Waals surface area contributed by atoms with Crippen LogP contribution in [-0.4, -0.2) is 23.9 Å². The highest BCUT2D eigenvalue weighted by Crippen LogP contribution is 2.34. The van der Waals surface area contributed by atoms with Gasteiger partial charge in [0.25, 0.3) is 0 Å². The third-order valence-corrected chi connectivity index (χ3v) is 4.08. The van der Waals surface area contributed by atoms with Crippen molar-refractivity contribution in [2.45, 2.75) is 26.4 Å². The monoisotopic (exact) mass is 470 g/mol. The molecule has 0 spiro atoms. The van der Waals surface area contributed by atoms with Gasteiger partial charge in [0.2, 0.25) is 0 Å². The van der Waals surface area contributed by atoms with Crippen molar-refractivity contribution in [2.75, 3.05) is 0 Å². The molecule has 0 unspecified atom stereocenters. The average Bonchev–Trinajstić information content (AvgIpc) is 3.45. The summed E-state index contributed by atoms with van der Waals surface area (Å²) in [7, 11) is 0. The summed E-state index contributed by atoms with van der Waals surface area (Å²) in [5.74, 6) is -1.88. The fourth-order valence-corrected chi connectivity index (χ4v) is 2.57. The summed E-state index contributed by atoms with van der Waals surface area (Å²) >= 11 is 0. The van der Waals surface area contributed by atoms with E-state index in [4.69, 9.17) is 27.8 Å². The Bertz CT molecular complexity index is 1030. The minimum absolute atomic E-state index is 0.187. The Morgan fingerprint density at radius 2 is 0.882 bits per heavy atom. The Kier molecular flexibility index (Phi) is 9.39. The number of carbonyl (C=O) groups is 4. The Morgan fingerprint density at radius 1 is 0.588 bits per heavy atom. The van der Waals surface area contributed by atoms with Gasteiger partial charge in [0.1, 0.15) is 49.5 Å². The molecule has 0 radical (unpaired) electrons. The molecule has 0 saturated heterocycles. The smallest absolute Gasteiger partial charge is 0.330 e. The minimum atomic E-state index is -0.689. The summed E-state index contributed by atoms with van der Waals surface area (Å²) in [6, 6.07) is 3.08. The molecule has 10 heteroatoms. The summed E-state index contributed by atoms with van der Waals surface area (Å²) in [6.07, 6.45) is 3.96. The number of carbonyl (C=O) groups excluding carboxylic acids is 4. The number of furan rings is 2. The Hall–Kier alpha value is -4.60. The largest absolute Gasteiger partial charge is 0.458 e. The van der Waals surface area contributed by atoms with Gasteiger partial charge >= 0.3 is 23.9 Å². The van der Waals surface area contributed by atoms with Gasteiger partial charge in [-0.25, -0.2) is 19.2 Å². The third-order valence-electron chi connectivity index (χ3n) is 4.08. The van der Waals surface area contributed by atoms with E-state index in [0.29, 0.717) is 11.1 Å². The van der Waals surface area contributed by atoms with Crippen LogP contribution in [0.5, 0.6) is 0 Å². The Labute approximate surface area is 194 Å². The number of ether oxygens (including phenoxy) is 4. The zero-order valence-corrected chi connectivity index (χ0v) is 18.2. The van der Waals surface area contributed by atoms with Gasteiger partial charge in [0, 0.05) is 35.4 Å². The molecule has 0 amide bonds. The molecule has 0 atom stereocenters. The lowest BCUT2D eigenvalue weighted by atomic mass is 10.1. The lowest BCUT2D eigenvalue weighted by Gasteiger charge is -2.05. The van der Waals surface area contributed by atoms with E-state index in [1.807, 2.05) is 0 Å². The molecule has 0 saturated carbocycles. The van der Waals surface area contributed by atoms with E-state index in [1.54, 1.807) is 0 Å². The van der Waals surface area contributed by atoms with Crippen LogP contribution in [0.1, 0.15) is 23.0 Å². The van der Waals surface area contributed by atoms with E-state index in [1.165, 1.54) is 12.1 Å². The van der Waals surface area contributed by atoms with E-state index < -0.39 is 23.9 Å². The van der Waals surface area contributed by atoms with Crippen molar-refractivity contribution in [2.24, 2.45) is 0 Å². The van der Waals surface area contributed by atoms with Crippen LogP contribution in [-0.2, 0) is 64.6 Å². The average molecular weight is 470 g/mol. The van der Waals surface area contributed by atoms with Crippen molar-refractivity contribution in [1.82, 2.24) is 0 Å². The Balaban J connectivity index is 2.45. The van der Waals surface area contributed by atoms with Crippen LogP contribution in [0.3, 0.4) is 0 Å². The van der Waals surface area contributed by atoms with E-state index in [0.717, 1.165) is 24.3 Å². The van der Waals surface area contributed by atoms with Crippen molar-refractivity contribution >= 4 is 23.9 Å². The lowest BCUT2D eigenvalue weighted by Crippen LogP contribution is -2.02. The molecule has 0 aromatic carbocycles. The van der Waals surface area contributed by atoms with Crippen molar-refractivity contribution in [1.29, 1.82) is 0 Å². The highest BCUT2D eigenvalue weighted by atomic mass is 16.6. The first-order valence-corrected chi connectivity index (χ1v) is 9.71. The van der Waals surface area contributed by atoms with Gasteiger partial charge < -0.3 is 27.8 Å². The fourth-order valence-electron chi connectivity index (χ4n) is 2.57. The maximum Gasteiger partial charge on any atom is 0.330 e. The predicted molar refractivity (Wildman–Crippen MR) is 116 cm³/mol. The zero-order chi connectivity index (χ0) is 25.1. The first-order chi connectivity index (χ1) is 16.3. The second-order valence-electron chi connectivity index (χ2n) is 6.35. The highest BCUT2D eigenvalue weighted by Gasteiger charge is 2.22. The Morgan fingerprint density at radius 3 is 1.18 bits per heavy atom. The maximum absolute atomic E-state index is 11.5. The quantitative estimate of drug-likeness (QED) is 0.244. The molecule has 0 bridgehead atoms. The summed E-state index contributed by atoms with van der Waals surface area (Å²) < 4.78 is 31.5. The predicted octanol–water partition coefficient (Wildman–Crippen LogP) is 3.46. The zero-order valence-electron chi connectivity index (χ0n) is 18.2. The molecule has 2 aromatic rings. The molecule has 34 heavy (non-hydrogen) atoms. The molecule has 10 nitrogen and oxygen atoms in total. The number of hydrogen-bond donors (Lipinski definition) is 0. The van der Waals surface area contributed by atoms with E-state index in [2.05, 4.69) is 26.3 Å². The maximum atomic E-state index is 11.5. The number of hydrogen-bond acceptors (Lipinski definition) is 10. The van der Waals surface area contributed by atoms with Crippen LogP contribution in [0.2, 0.25) is 0 Å². The van der Waals surface area contributed by atoms with Crippen molar-refractivity contribution in [3.63, 3.8) is 0 Å². The minimum Gasteiger partial charge on any atom is -0.458 e. The SMILES string of the molecule is C=CC(=O)OCc1cc(-c2cc(COC(=O)C=C)oc2COC(=O)C=C)c(COC(=O)C=C)o1. The standard InChI is InChI=1S/C24H22O10/c1-5-21(25)29-11-15-9-17(19(33-15)13-31-23(27)7-3)18-10-16(12-30-22(26)6-2)34-20(18)14-32-24(28)8-4/h5-10H,1-4,11-14H2. The van der Waals surface area contributed by atoms with Crippen LogP contribution < -0.4 is 0 Å². The summed E-state index contributed by atoms with van der Waals surface area (Å²) in [6.45, 7) is 12.3.